The smallest absolute Gasteiger partial charge is 0.416 e. The van der Waals surface area contributed by atoms with Crippen molar-refractivity contribution >= 4 is 29.2 Å². The van der Waals surface area contributed by atoms with Crippen LogP contribution in [-0.4, -0.2) is 71.6 Å². The second kappa shape index (κ2) is 12.4. The van der Waals surface area contributed by atoms with Crippen molar-refractivity contribution in [3.8, 4) is 5.75 Å². The molecule has 2 aromatic carbocycles. The largest absolute Gasteiger partial charge is 0.488 e. The fourth-order valence-electron chi connectivity index (χ4n) is 4.63. The molecule has 2 aliphatic rings. The van der Waals surface area contributed by atoms with Crippen LogP contribution in [0, 0.1) is 11.8 Å². The lowest BCUT2D eigenvalue weighted by atomic mass is 10.0. The maximum Gasteiger partial charge on any atom is 0.416 e. The zero-order chi connectivity index (χ0) is 29.9. The van der Waals surface area contributed by atoms with Crippen LogP contribution in [0.2, 0.25) is 0 Å². The van der Waals surface area contributed by atoms with Crippen LogP contribution < -0.4 is 15.4 Å². The number of likely N-dealkylation sites (N-methyl/N-ethyl adjacent to an activating group) is 1. The predicted octanol–water partition coefficient (Wildman–Crippen LogP) is 4.37. The van der Waals surface area contributed by atoms with E-state index in [4.69, 9.17) is 4.74 Å². The number of amides is 4. The summed E-state index contributed by atoms with van der Waals surface area (Å²) >= 11 is 0. The number of rotatable bonds is 7. The number of halogens is 3. The summed E-state index contributed by atoms with van der Waals surface area (Å²) in [5.74, 6) is -0.0939. The van der Waals surface area contributed by atoms with Crippen molar-refractivity contribution in [3.63, 3.8) is 0 Å². The molecule has 0 spiro atoms. The Morgan fingerprint density at radius 2 is 1.78 bits per heavy atom. The average molecular weight is 577 g/mol. The topological polar surface area (TPSA) is 111 Å². The number of anilines is 2. The number of nitrogens with one attached hydrogen (secondary N) is 2. The Kier molecular flexibility index (Phi) is 9.11. The number of carbonyl (C=O) groups is 3. The molecule has 1 fully saturated rings. The molecule has 9 nitrogen and oxygen atoms in total. The number of carbonyl (C=O) groups excluding carboxylic acids is 3. The lowest BCUT2D eigenvalue weighted by Crippen LogP contribution is -2.48. The number of hydrogen-bond acceptors (Lipinski definition) is 5. The van der Waals surface area contributed by atoms with Crippen LogP contribution in [0.4, 0.5) is 29.3 Å². The van der Waals surface area contributed by atoms with E-state index in [0.717, 1.165) is 25.0 Å². The summed E-state index contributed by atoms with van der Waals surface area (Å²) in [7, 11) is 1.54. The van der Waals surface area contributed by atoms with Gasteiger partial charge in [0.1, 0.15) is 11.9 Å². The molecule has 0 saturated heterocycles. The molecule has 222 valence electrons. The molecular formula is C29H35F3N4O5. The minimum atomic E-state index is -4.48. The first-order valence-corrected chi connectivity index (χ1v) is 13.6. The molecule has 4 amide bonds. The molecule has 1 heterocycles. The standard InChI is InChI=1S/C29H35F3N4O5/c1-17-14-36(18(2)16-37)26(38)13-20-12-23(33-27(39)19-4-5-19)10-11-24(20)41-25(17)15-35(3)28(40)34-22-8-6-21(7-9-22)29(30,31)32/h6-12,17-19,25,37H,4-5,13-16H2,1-3H3,(H,33,39)(H,34,40)/t17-,18-,25+/m0/s1. The Hall–Kier alpha value is -3.80. The number of urea groups is 1. The summed E-state index contributed by atoms with van der Waals surface area (Å²) in [6.07, 6.45) is -3.36. The minimum Gasteiger partial charge on any atom is -0.488 e. The highest BCUT2D eigenvalue weighted by Gasteiger charge is 2.33. The highest BCUT2D eigenvalue weighted by molar-refractivity contribution is 5.94. The number of fused-ring (bicyclic) bond motifs is 1. The van der Waals surface area contributed by atoms with Crippen LogP contribution >= 0.6 is 0 Å². The molecule has 2 aromatic rings. The van der Waals surface area contributed by atoms with Crippen LogP contribution in [0.1, 0.15) is 37.8 Å². The third-order valence-electron chi connectivity index (χ3n) is 7.40. The first kappa shape index (κ1) is 30.2. The number of benzene rings is 2. The zero-order valence-corrected chi connectivity index (χ0v) is 23.2. The Balaban J connectivity index is 1.53. The Morgan fingerprint density at radius 1 is 1.12 bits per heavy atom. The van der Waals surface area contributed by atoms with E-state index in [2.05, 4.69) is 10.6 Å². The summed E-state index contributed by atoms with van der Waals surface area (Å²) < 4.78 is 45.0. The molecule has 3 N–H and O–H groups in total. The monoisotopic (exact) mass is 576 g/mol. The first-order chi connectivity index (χ1) is 19.3. The highest BCUT2D eigenvalue weighted by Crippen LogP contribution is 2.33. The van der Waals surface area contributed by atoms with E-state index < -0.39 is 29.9 Å². The quantitative estimate of drug-likeness (QED) is 0.454. The fourth-order valence-corrected chi connectivity index (χ4v) is 4.63. The van der Waals surface area contributed by atoms with Crippen LogP contribution in [0.15, 0.2) is 42.5 Å². The van der Waals surface area contributed by atoms with Gasteiger partial charge in [-0.2, -0.15) is 13.2 Å². The van der Waals surface area contributed by atoms with Gasteiger partial charge in [-0.1, -0.05) is 6.92 Å². The van der Waals surface area contributed by atoms with Gasteiger partial charge in [-0.25, -0.2) is 4.79 Å². The van der Waals surface area contributed by atoms with E-state index in [1.165, 1.54) is 17.0 Å². The number of ether oxygens (including phenoxy) is 1. The maximum absolute atomic E-state index is 13.3. The van der Waals surface area contributed by atoms with Gasteiger partial charge in [-0.15, -0.1) is 0 Å². The molecule has 0 unspecified atom stereocenters. The molecular weight excluding hydrogens is 541 g/mol. The van der Waals surface area contributed by atoms with Crippen molar-refractivity contribution in [2.75, 3.05) is 37.4 Å². The maximum atomic E-state index is 13.3. The number of aliphatic hydroxyl groups excluding tert-OH is 1. The summed E-state index contributed by atoms with van der Waals surface area (Å²) in [4.78, 5) is 41.5. The van der Waals surface area contributed by atoms with Crippen molar-refractivity contribution in [2.45, 2.75) is 51.4 Å². The van der Waals surface area contributed by atoms with Gasteiger partial charge in [0.2, 0.25) is 11.8 Å². The van der Waals surface area contributed by atoms with Crippen LogP contribution in [0.25, 0.3) is 0 Å². The predicted molar refractivity (Wildman–Crippen MR) is 146 cm³/mol. The van der Waals surface area contributed by atoms with E-state index >= 15 is 0 Å². The van der Waals surface area contributed by atoms with Gasteiger partial charge in [-0.3, -0.25) is 9.59 Å². The van der Waals surface area contributed by atoms with Gasteiger partial charge in [0.25, 0.3) is 0 Å². The summed E-state index contributed by atoms with van der Waals surface area (Å²) in [5, 5.41) is 15.3. The summed E-state index contributed by atoms with van der Waals surface area (Å²) in [5.41, 5.74) is 0.505. The molecule has 3 atom stereocenters. The van der Waals surface area contributed by atoms with E-state index in [1.807, 2.05) is 6.92 Å². The first-order valence-electron chi connectivity index (χ1n) is 13.6. The zero-order valence-electron chi connectivity index (χ0n) is 23.2. The molecule has 1 aliphatic carbocycles. The third kappa shape index (κ3) is 7.69. The van der Waals surface area contributed by atoms with Gasteiger partial charge >= 0.3 is 12.2 Å². The highest BCUT2D eigenvalue weighted by atomic mass is 19.4. The van der Waals surface area contributed by atoms with Crippen molar-refractivity contribution in [3.05, 3.63) is 53.6 Å². The Bertz CT molecular complexity index is 1270. The van der Waals surface area contributed by atoms with Crippen LogP contribution in [-0.2, 0) is 22.2 Å². The van der Waals surface area contributed by atoms with Crippen molar-refractivity contribution in [2.24, 2.45) is 11.8 Å². The molecule has 1 saturated carbocycles. The van der Waals surface area contributed by atoms with Crippen LogP contribution in [0.5, 0.6) is 5.75 Å². The number of nitrogens with zero attached hydrogens (tertiary/aromatic N) is 2. The van der Waals surface area contributed by atoms with E-state index in [1.54, 1.807) is 37.1 Å². The lowest BCUT2D eigenvalue weighted by molar-refractivity contribution is -0.137. The van der Waals surface area contributed by atoms with Gasteiger partial charge in [-0.05, 0) is 62.2 Å². The van der Waals surface area contributed by atoms with Gasteiger partial charge in [0, 0.05) is 42.4 Å². The molecule has 0 aromatic heterocycles. The van der Waals surface area contributed by atoms with E-state index in [9.17, 15) is 32.7 Å². The van der Waals surface area contributed by atoms with E-state index in [-0.39, 0.29) is 55.5 Å². The van der Waals surface area contributed by atoms with Crippen molar-refractivity contribution in [1.82, 2.24) is 9.80 Å². The van der Waals surface area contributed by atoms with Crippen molar-refractivity contribution < 1.29 is 37.4 Å². The Labute approximate surface area is 236 Å². The van der Waals surface area contributed by atoms with Gasteiger partial charge in [0.15, 0.2) is 0 Å². The summed E-state index contributed by atoms with van der Waals surface area (Å²) in [6, 6.07) is 8.27. The van der Waals surface area contributed by atoms with Crippen molar-refractivity contribution in [1.29, 1.82) is 0 Å². The fraction of sp³-hybridized carbons (Fsp3) is 0.483. The molecule has 12 heteroatoms. The number of hydrogen-bond donors (Lipinski definition) is 3. The summed E-state index contributed by atoms with van der Waals surface area (Å²) in [6.45, 7) is 3.76. The van der Waals surface area contributed by atoms with E-state index in [0.29, 0.717) is 17.0 Å². The average Bonchev–Trinajstić information content (AvgIpc) is 3.77. The molecule has 0 radical (unpaired) electrons. The molecule has 4 rings (SSSR count). The molecule has 0 bridgehead atoms. The van der Waals surface area contributed by atoms with Crippen LogP contribution in [0.3, 0.4) is 0 Å². The molecule has 1 aliphatic heterocycles. The number of aliphatic hydroxyl groups is 1. The van der Waals surface area contributed by atoms with Gasteiger partial charge in [0.05, 0.1) is 31.2 Å². The molecule has 41 heavy (non-hydrogen) atoms. The third-order valence-corrected chi connectivity index (χ3v) is 7.40. The number of alkyl halides is 3. The second-order valence-electron chi connectivity index (χ2n) is 10.9. The lowest BCUT2D eigenvalue weighted by Gasteiger charge is -2.34. The minimum absolute atomic E-state index is 0.00347. The normalized spacial score (nSPS) is 20.1. The Morgan fingerprint density at radius 3 is 2.39 bits per heavy atom. The second-order valence-corrected chi connectivity index (χ2v) is 10.9. The SMILES string of the molecule is C[C@H]1CN([C@@H](C)CO)C(=O)Cc2cc(NC(=O)C3CC3)ccc2O[C@@H]1CN(C)C(=O)Nc1ccc(C(F)(F)F)cc1. The van der Waals surface area contributed by atoms with Gasteiger partial charge < -0.3 is 30.3 Å².